The summed E-state index contributed by atoms with van der Waals surface area (Å²) in [5, 5.41) is 4.82. The van der Waals surface area contributed by atoms with E-state index in [1.807, 2.05) is 79.7 Å². The minimum absolute atomic E-state index is 0.0226. The zero-order valence-corrected chi connectivity index (χ0v) is 26.4. The minimum atomic E-state index is -1.11. The lowest BCUT2D eigenvalue weighted by molar-refractivity contribution is -0.150. The number of nitrogens with two attached hydrogens (primary N) is 1. The maximum absolute atomic E-state index is 14.2. The van der Waals surface area contributed by atoms with Crippen LogP contribution in [0.3, 0.4) is 0 Å². The van der Waals surface area contributed by atoms with E-state index < -0.39 is 47.5 Å². The van der Waals surface area contributed by atoms with Crippen molar-refractivity contribution >= 4 is 34.6 Å². The van der Waals surface area contributed by atoms with E-state index in [1.165, 1.54) is 0 Å². The Morgan fingerprint density at radius 2 is 1.57 bits per heavy atom. The number of alkyl carbamates (subject to hydrolysis) is 1. The summed E-state index contributed by atoms with van der Waals surface area (Å²) in [6.45, 7) is 9.18. The van der Waals surface area contributed by atoms with Crippen molar-refractivity contribution < 1.29 is 28.7 Å². The molecule has 9 nitrogen and oxygen atoms in total. The molecule has 0 saturated heterocycles. The summed E-state index contributed by atoms with van der Waals surface area (Å²) in [5.41, 5.74) is 6.65. The first-order valence-corrected chi connectivity index (χ1v) is 15.1. The van der Waals surface area contributed by atoms with E-state index in [0.717, 1.165) is 21.9 Å². The predicted molar refractivity (Wildman–Crippen MR) is 170 cm³/mol. The molecular weight excluding hydrogens is 558 g/mol. The average Bonchev–Trinajstić information content (AvgIpc) is 2.97. The molecule has 0 fully saturated rings. The second-order valence-corrected chi connectivity index (χ2v) is 12.2. The van der Waals surface area contributed by atoms with Crippen LogP contribution in [0.15, 0.2) is 72.8 Å². The Bertz CT molecular complexity index is 1420. The molecule has 1 unspecified atom stereocenters. The van der Waals surface area contributed by atoms with Crippen LogP contribution < -0.4 is 11.1 Å². The van der Waals surface area contributed by atoms with Crippen LogP contribution in [-0.2, 0) is 36.9 Å². The molecule has 236 valence electrons. The third kappa shape index (κ3) is 10.7. The predicted octanol–water partition coefficient (Wildman–Crippen LogP) is 5.53. The molecule has 0 saturated carbocycles. The second kappa shape index (κ2) is 15.9. The number of rotatable bonds is 14. The van der Waals surface area contributed by atoms with Gasteiger partial charge in [0.2, 0.25) is 11.8 Å². The van der Waals surface area contributed by atoms with Crippen molar-refractivity contribution in [1.29, 1.82) is 0 Å². The van der Waals surface area contributed by atoms with Gasteiger partial charge in [0.1, 0.15) is 18.2 Å². The van der Waals surface area contributed by atoms with Crippen molar-refractivity contribution in [3.8, 4) is 0 Å². The third-order valence-corrected chi connectivity index (χ3v) is 7.11. The van der Waals surface area contributed by atoms with E-state index in [9.17, 15) is 19.2 Å². The van der Waals surface area contributed by atoms with Gasteiger partial charge < -0.3 is 25.4 Å². The zero-order valence-electron chi connectivity index (χ0n) is 26.4. The second-order valence-electron chi connectivity index (χ2n) is 12.2. The molecule has 0 aliphatic carbocycles. The molecule has 3 aromatic carbocycles. The average molecular weight is 604 g/mol. The first-order chi connectivity index (χ1) is 20.9. The summed E-state index contributed by atoms with van der Waals surface area (Å²) in [6.07, 6.45) is 0.121. The van der Waals surface area contributed by atoms with E-state index in [0.29, 0.717) is 19.4 Å². The van der Waals surface area contributed by atoms with Crippen LogP contribution in [0.2, 0.25) is 0 Å². The number of carbonyl (C=O) groups excluding carboxylic acids is 4. The standard InChI is InChI=1S/C35H45N3O6/c1-6-18-38(29(22-31(36)39)21-26-16-17-27-14-10-11-15-28(27)20-26)32(40)30(37-34(42)44-35(3,4)5)19-24(2)33(41)43-23-25-12-8-7-9-13-25/h7-17,20,24,29-30H,6,18-19,21-23H2,1-5H3,(H2,36,39)(H,37,42)/t24?,29-,30-/m0/s1. The van der Waals surface area contributed by atoms with E-state index >= 15 is 0 Å². The van der Waals surface area contributed by atoms with Crippen molar-refractivity contribution in [1.82, 2.24) is 10.2 Å². The highest BCUT2D eigenvalue weighted by atomic mass is 16.6. The normalized spacial score (nSPS) is 13.4. The van der Waals surface area contributed by atoms with Crippen molar-refractivity contribution in [3.63, 3.8) is 0 Å². The summed E-state index contributed by atoms with van der Waals surface area (Å²) in [7, 11) is 0. The molecule has 0 aliphatic heterocycles. The number of esters is 1. The van der Waals surface area contributed by atoms with Gasteiger partial charge in [-0.05, 0) is 61.9 Å². The third-order valence-electron chi connectivity index (χ3n) is 7.11. The van der Waals surface area contributed by atoms with Crippen molar-refractivity contribution in [3.05, 3.63) is 83.9 Å². The van der Waals surface area contributed by atoms with Gasteiger partial charge in [-0.1, -0.05) is 86.6 Å². The fraction of sp³-hybridized carbons (Fsp3) is 0.429. The molecule has 3 atom stereocenters. The van der Waals surface area contributed by atoms with Gasteiger partial charge in [-0.2, -0.15) is 0 Å². The minimum Gasteiger partial charge on any atom is -0.461 e. The Labute approximate surface area is 260 Å². The largest absolute Gasteiger partial charge is 0.461 e. The van der Waals surface area contributed by atoms with Gasteiger partial charge in [-0.3, -0.25) is 14.4 Å². The molecule has 44 heavy (non-hydrogen) atoms. The first-order valence-electron chi connectivity index (χ1n) is 15.1. The molecule has 3 aromatic rings. The van der Waals surface area contributed by atoms with Gasteiger partial charge in [0.15, 0.2) is 0 Å². The summed E-state index contributed by atoms with van der Waals surface area (Å²) in [5.74, 6) is -2.18. The molecule has 0 aliphatic rings. The number of carbonyl (C=O) groups is 4. The Balaban J connectivity index is 1.87. The van der Waals surface area contributed by atoms with Gasteiger partial charge in [0.05, 0.1) is 5.92 Å². The van der Waals surface area contributed by atoms with E-state index in [-0.39, 0.29) is 19.4 Å². The summed E-state index contributed by atoms with van der Waals surface area (Å²) < 4.78 is 11.0. The number of amides is 3. The highest BCUT2D eigenvalue weighted by Crippen LogP contribution is 2.22. The number of fused-ring (bicyclic) bond motifs is 1. The van der Waals surface area contributed by atoms with Gasteiger partial charge in [-0.15, -0.1) is 0 Å². The Morgan fingerprint density at radius 1 is 0.909 bits per heavy atom. The fourth-order valence-corrected chi connectivity index (χ4v) is 5.07. The fourth-order valence-electron chi connectivity index (χ4n) is 5.07. The molecule has 3 amide bonds. The topological polar surface area (TPSA) is 128 Å². The highest BCUT2D eigenvalue weighted by molar-refractivity contribution is 5.88. The lowest BCUT2D eigenvalue weighted by Crippen LogP contribution is -2.54. The molecule has 3 N–H and O–H groups in total. The summed E-state index contributed by atoms with van der Waals surface area (Å²) in [6, 6.07) is 21.6. The lowest BCUT2D eigenvalue weighted by atomic mass is 9.96. The molecule has 0 aromatic heterocycles. The number of benzene rings is 3. The first kappa shape index (κ1) is 34.1. The number of ether oxygens (including phenoxy) is 2. The van der Waals surface area contributed by atoms with Crippen molar-refractivity contribution in [2.45, 2.75) is 84.6 Å². The van der Waals surface area contributed by atoms with E-state index in [2.05, 4.69) is 5.32 Å². The molecule has 0 heterocycles. The number of hydrogen-bond donors (Lipinski definition) is 2. The summed E-state index contributed by atoms with van der Waals surface area (Å²) in [4.78, 5) is 53.9. The zero-order chi connectivity index (χ0) is 32.3. The maximum atomic E-state index is 14.2. The highest BCUT2D eigenvalue weighted by Gasteiger charge is 2.35. The smallest absolute Gasteiger partial charge is 0.408 e. The van der Waals surface area contributed by atoms with Gasteiger partial charge in [0, 0.05) is 19.0 Å². The number of hydrogen-bond acceptors (Lipinski definition) is 6. The lowest BCUT2D eigenvalue weighted by Gasteiger charge is -2.35. The van der Waals surface area contributed by atoms with Crippen LogP contribution in [0.25, 0.3) is 10.8 Å². The summed E-state index contributed by atoms with van der Waals surface area (Å²) >= 11 is 0. The molecule has 9 heteroatoms. The van der Waals surface area contributed by atoms with Crippen molar-refractivity contribution in [2.24, 2.45) is 11.7 Å². The monoisotopic (exact) mass is 603 g/mol. The van der Waals surface area contributed by atoms with Crippen LogP contribution in [0.4, 0.5) is 4.79 Å². The van der Waals surface area contributed by atoms with Crippen molar-refractivity contribution in [2.75, 3.05) is 6.54 Å². The molecule has 0 radical (unpaired) electrons. The number of primary amides is 1. The SMILES string of the molecule is CCCN(C(=O)[C@H](CC(C)C(=O)OCc1ccccc1)NC(=O)OC(C)(C)C)[C@H](CC(N)=O)Cc1ccc2ccccc2c1. The number of nitrogens with one attached hydrogen (secondary N) is 1. The Morgan fingerprint density at radius 3 is 2.20 bits per heavy atom. The van der Waals surface area contributed by atoms with Crippen LogP contribution in [0.1, 0.15) is 65.0 Å². The molecule has 0 spiro atoms. The van der Waals surface area contributed by atoms with E-state index in [4.69, 9.17) is 15.2 Å². The number of nitrogens with zero attached hydrogens (tertiary/aromatic N) is 1. The van der Waals surface area contributed by atoms with Gasteiger partial charge in [0.25, 0.3) is 0 Å². The molecular formula is C35H45N3O6. The maximum Gasteiger partial charge on any atom is 0.408 e. The van der Waals surface area contributed by atoms with E-state index in [1.54, 1.807) is 32.6 Å². The quantitative estimate of drug-likeness (QED) is 0.233. The molecule has 0 bridgehead atoms. The van der Waals surface area contributed by atoms with Crippen LogP contribution in [-0.4, -0.2) is 53.0 Å². The Kier molecular flexibility index (Phi) is 12.3. The van der Waals surface area contributed by atoms with Crippen LogP contribution >= 0.6 is 0 Å². The van der Waals surface area contributed by atoms with Crippen LogP contribution in [0.5, 0.6) is 0 Å². The van der Waals surface area contributed by atoms with Gasteiger partial charge in [-0.25, -0.2) is 4.79 Å². The van der Waals surface area contributed by atoms with Gasteiger partial charge >= 0.3 is 12.1 Å². The molecule has 3 rings (SSSR count). The Hall–Kier alpha value is -4.40. The van der Waals surface area contributed by atoms with Crippen LogP contribution in [0, 0.1) is 5.92 Å².